The predicted octanol–water partition coefficient (Wildman–Crippen LogP) is 1.90. The molecule has 19 heavy (non-hydrogen) atoms. The summed E-state index contributed by atoms with van der Waals surface area (Å²) in [4.78, 5) is 24.9. The Kier molecular flexibility index (Phi) is 3.79. The summed E-state index contributed by atoms with van der Waals surface area (Å²) in [6, 6.07) is 6.00. The van der Waals surface area contributed by atoms with E-state index >= 15 is 0 Å². The third-order valence-electron chi connectivity index (χ3n) is 2.71. The monoisotopic (exact) mass is 264 g/mol. The van der Waals surface area contributed by atoms with Gasteiger partial charge < -0.3 is 15.4 Å². The molecular weight excluding hydrogens is 251 g/mol. The van der Waals surface area contributed by atoms with Gasteiger partial charge in [0, 0.05) is 23.9 Å². The van der Waals surface area contributed by atoms with E-state index in [4.69, 9.17) is 5.11 Å². The Balaban J connectivity index is 2.01. The number of aromatic amines is 1. The third kappa shape index (κ3) is 3.09. The van der Waals surface area contributed by atoms with Crippen molar-refractivity contribution in [1.82, 2.24) is 10.3 Å². The maximum absolute atomic E-state index is 13.4. The quantitative estimate of drug-likeness (QED) is 0.721. The molecular formula is C13H13FN2O3. The maximum Gasteiger partial charge on any atom is 0.303 e. The summed E-state index contributed by atoms with van der Waals surface area (Å²) in [7, 11) is 0. The van der Waals surface area contributed by atoms with Gasteiger partial charge in [-0.2, -0.15) is 0 Å². The Morgan fingerprint density at radius 2 is 2.16 bits per heavy atom. The molecule has 0 radical (unpaired) electrons. The molecule has 2 aromatic rings. The van der Waals surface area contributed by atoms with E-state index in [2.05, 4.69) is 10.3 Å². The van der Waals surface area contributed by atoms with Crippen LogP contribution in [0.4, 0.5) is 4.39 Å². The van der Waals surface area contributed by atoms with Crippen LogP contribution < -0.4 is 5.32 Å². The number of aliphatic carboxylic acids is 1. The molecule has 0 saturated carbocycles. The number of hydrogen-bond acceptors (Lipinski definition) is 2. The molecule has 1 aromatic carbocycles. The van der Waals surface area contributed by atoms with Gasteiger partial charge in [-0.1, -0.05) is 6.07 Å². The van der Waals surface area contributed by atoms with Crippen molar-refractivity contribution in [2.75, 3.05) is 6.54 Å². The molecule has 100 valence electrons. The topological polar surface area (TPSA) is 82.2 Å². The molecule has 3 N–H and O–H groups in total. The Morgan fingerprint density at radius 3 is 2.84 bits per heavy atom. The number of aromatic nitrogens is 1. The van der Waals surface area contributed by atoms with E-state index in [1.54, 1.807) is 12.1 Å². The number of fused-ring (bicyclic) bond motifs is 1. The smallest absolute Gasteiger partial charge is 0.303 e. The number of halogens is 1. The lowest BCUT2D eigenvalue weighted by Gasteiger charge is -2.01. The number of carboxylic acid groups (broad SMARTS) is 1. The number of carbonyl (C=O) groups excluding carboxylic acids is 1. The predicted molar refractivity (Wildman–Crippen MR) is 67.5 cm³/mol. The number of nitrogens with one attached hydrogen (secondary N) is 2. The normalized spacial score (nSPS) is 10.6. The number of carbonyl (C=O) groups is 2. The van der Waals surface area contributed by atoms with E-state index < -0.39 is 11.8 Å². The summed E-state index contributed by atoms with van der Waals surface area (Å²) in [5.41, 5.74) is 0.811. The van der Waals surface area contributed by atoms with Crippen LogP contribution >= 0.6 is 0 Å². The highest BCUT2D eigenvalue weighted by molar-refractivity contribution is 5.98. The first-order valence-electron chi connectivity index (χ1n) is 5.85. The first kappa shape index (κ1) is 13.1. The molecule has 0 fully saturated rings. The molecule has 0 saturated heterocycles. The van der Waals surface area contributed by atoms with Gasteiger partial charge in [0.2, 0.25) is 0 Å². The van der Waals surface area contributed by atoms with Gasteiger partial charge in [-0.3, -0.25) is 9.59 Å². The molecule has 1 aromatic heterocycles. The molecule has 0 aliphatic rings. The van der Waals surface area contributed by atoms with E-state index in [-0.39, 0.29) is 24.6 Å². The largest absolute Gasteiger partial charge is 0.481 e. The van der Waals surface area contributed by atoms with Crippen molar-refractivity contribution in [3.8, 4) is 0 Å². The molecule has 0 aliphatic heterocycles. The Hall–Kier alpha value is -2.37. The van der Waals surface area contributed by atoms with Crippen molar-refractivity contribution >= 4 is 22.8 Å². The highest BCUT2D eigenvalue weighted by Crippen LogP contribution is 2.18. The van der Waals surface area contributed by atoms with Crippen molar-refractivity contribution in [2.24, 2.45) is 0 Å². The first-order valence-corrected chi connectivity index (χ1v) is 5.85. The molecule has 6 heteroatoms. The van der Waals surface area contributed by atoms with Crippen LogP contribution in [-0.4, -0.2) is 28.5 Å². The molecule has 1 amide bonds. The second kappa shape index (κ2) is 5.51. The molecule has 0 unspecified atom stereocenters. The van der Waals surface area contributed by atoms with Gasteiger partial charge in [0.15, 0.2) is 0 Å². The summed E-state index contributed by atoms with van der Waals surface area (Å²) >= 11 is 0. The van der Waals surface area contributed by atoms with Crippen molar-refractivity contribution in [1.29, 1.82) is 0 Å². The zero-order valence-corrected chi connectivity index (χ0v) is 10.1. The molecule has 2 rings (SSSR count). The zero-order chi connectivity index (χ0) is 13.8. The second-order valence-corrected chi connectivity index (χ2v) is 4.14. The third-order valence-corrected chi connectivity index (χ3v) is 2.71. The van der Waals surface area contributed by atoms with Gasteiger partial charge in [-0.15, -0.1) is 0 Å². The first-order chi connectivity index (χ1) is 9.08. The minimum absolute atomic E-state index is 0.00160. The van der Waals surface area contributed by atoms with Crippen molar-refractivity contribution in [2.45, 2.75) is 12.8 Å². The Bertz CT molecular complexity index is 621. The number of amides is 1. The van der Waals surface area contributed by atoms with Crippen molar-refractivity contribution in [3.63, 3.8) is 0 Å². The molecule has 5 nitrogen and oxygen atoms in total. The number of H-pyrrole nitrogens is 1. The summed E-state index contributed by atoms with van der Waals surface area (Å²) in [6.07, 6.45) is 0.358. The molecule has 0 spiro atoms. The molecule has 0 atom stereocenters. The number of rotatable bonds is 5. The van der Waals surface area contributed by atoms with E-state index in [1.807, 2.05) is 0 Å². The average molecular weight is 264 g/mol. The highest BCUT2D eigenvalue weighted by Gasteiger charge is 2.11. The SMILES string of the molecule is O=C(O)CCCNC(=O)c1cc2c(F)cccc2[nH]1. The standard InChI is InChI=1S/C13H13FN2O3/c14-9-3-1-4-10-8(9)7-11(16-10)13(19)15-6-2-5-12(17)18/h1,3-4,7,16H,2,5-6H2,(H,15,19)(H,17,18). The van der Waals surface area contributed by atoms with Crippen LogP contribution in [0.1, 0.15) is 23.3 Å². The van der Waals surface area contributed by atoms with Crippen LogP contribution in [0, 0.1) is 5.82 Å². The second-order valence-electron chi connectivity index (χ2n) is 4.14. The van der Waals surface area contributed by atoms with Gasteiger partial charge in [0.05, 0.1) is 0 Å². The van der Waals surface area contributed by atoms with Gasteiger partial charge in [-0.25, -0.2) is 4.39 Å². The fourth-order valence-electron chi connectivity index (χ4n) is 1.78. The maximum atomic E-state index is 13.4. The number of benzene rings is 1. The van der Waals surface area contributed by atoms with Crippen LogP contribution in [-0.2, 0) is 4.79 Å². The minimum atomic E-state index is -0.901. The van der Waals surface area contributed by atoms with E-state index in [0.29, 0.717) is 17.3 Å². The van der Waals surface area contributed by atoms with Crippen LogP contribution in [0.25, 0.3) is 10.9 Å². The lowest BCUT2D eigenvalue weighted by atomic mass is 10.2. The van der Waals surface area contributed by atoms with Crippen molar-refractivity contribution in [3.05, 3.63) is 35.8 Å². The van der Waals surface area contributed by atoms with Gasteiger partial charge >= 0.3 is 5.97 Å². The summed E-state index contributed by atoms with van der Waals surface area (Å²) in [5, 5.41) is 11.4. The Labute approximate surface area is 108 Å². The minimum Gasteiger partial charge on any atom is -0.481 e. The van der Waals surface area contributed by atoms with Crippen LogP contribution in [0.3, 0.4) is 0 Å². The lowest BCUT2D eigenvalue weighted by molar-refractivity contribution is -0.137. The van der Waals surface area contributed by atoms with Crippen LogP contribution in [0.15, 0.2) is 24.3 Å². The Morgan fingerprint density at radius 1 is 1.37 bits per heavy atom. The number of carboxylic acids is 1. The lowest BCUT2D eigenvalue weighted by Crippen LogP contribution is -2.25. The molecule has 0 aliphatic carbocycles. The van der Waals surface area contributed by atoms with E-state index in [9.17, 15) is 14.0 Å². The zero-order valence-electron chi connectivity index (χ0n) is 10.1. The van der Waals surface area contributed by atoms with E-state index in [1.165, 1.54) is 12.1 Å². The number of hydrogen-bond donors (Lipinski definition) is 3. The summed E-state index contributed by atoms with van der Waals surface area (Å²) < 4.78 is 13.4. The fourth-order valence-corrected chi connectivity index (χ4v) is 1.78. The van der Waals surface area contributed by atoms with Crippen molar-refractivity contribution < 1.29 is 19.1 Å². The van der Waals surface area contributed by atoms with Gasteiger partial charge in [0.1, 0.15) is 11.5 Å². The average Bonchev–Trinajstić information content (AvgIpc) is 2.79. The summed E-state index contributed by atoms with van der Waals surface area (Å²) in [6.45, 7) is 0.267. The van der Waals surface area contributed by atoms with Gasteiger partial charge in [-0.05, 0) is 24.6 Å². The van der Waals surface area contributed by atoms with Crippen LogP contribution in [0.5, 0.6) is 0 Å². The van der Waals surface area contributed by atoms with Gasteiger partial charge in [0.25, 0.3) is 5.91 Å². The molecule has 1 heterocycles. The molecule has 0 bridgehead atoms. The highest BCUT2D eigenvalue weighted by atomic mass is 19.1. The fraction of sp³-hybridized carbons (Fsp3) is 0.231. The van der Waals surface area contributed by atoms with E-state index in [0.717, 1.165) is 0 Å². The summed E-state index contributed by atoms with van der Waals surface area (Å²) in [5.74, 6) is -1.67. The van der Waals surface area contributed by atoms with Crippen LogP contribution in [0.2, 0.25) is 0 Å².